The van der Waals surface area contributed by atoms with Gasteiger partial charge in [-0.05, 0) is 36.1 Å². The molecule has 5 heteroatoms. The van der Waals surface area contributed by atoms with E-state index in [-0.39, 0.29) is 23.8 Å². The van der Waals surface area contributed by atoms with Gasteiger partial charge in [0, 0.05) is 18.6 Å². The van der Waals surface area contributed by atoms with E-state index >= 15 is 0 Å². The number of aliphatic imine (C=N–C) groups is 1. The van der Waals surface area contributed by atoms with Crippen LogP contribution in [0.2, 0.25) is 0 Å². The first-order valence-electron chi connectivity index (χ1n) is 7.72. The van der Waals surface area contributed by atoms with Crippen molar-refractivity contribution in [3.63, 3.8) is 0 Å². The third-order valence-electron chi connectivity index (χ3n) is 4.09. The SMILES string of the molecule is O=C1CC(=Nc2cccc(C(F)(F)F)c2)CC(c2ccccc2)C1. The molecular formula is C19H16F3NO. The zero-order valence-electron chi connectivity index (χ0n) is 12.9. The number of carbonyl (C=O) groups excluding carboxylic acids is 1. The summed E-state index contributed by atoms with van der Waals surface area (Å²) in [5.41, 5.74) is 1.20. The summed E-state index contributed by atoms with van der Waals surface area (Å²) < 4.78 is 38.4. The number of nitrogens with zero attached hydrogens (tertiary/aromatic N) is 1. The molecule has 2 aromatic rings. The molecule has 1 aliphatic rings. The van der Waals surface area contributed by atoms with Gasteiger partial charge in [0.25, 0.3) is 0 Å². The van der Waals surface area contributed by atoms with Crippen LogP contribution in [0.4, 0.5) is 18.9 Å². The van der Waals surface area contributed by atoms with Gasteiger partial charge in [-0.1, -0.05) is 36.4 Å². The topological polar surface area (TPSA) is 29.4 Å². The largest absolute Gasteiger partial charge is 0.416 e. The molecule has 0 aromatic heterocycles. The third-order valence-corrected chi connectivity index (χ3v) is 4.09. The minimum Gasteiger partial charge on any atom is -0.299 e. The molecular weight excluding hydrogens is 315 g/mol. The summed E-state index contributed by atoms with van der Waals surface area (Å²) in [4.78, 5) is 16.3. The number of rotatable bonds is 2. The number of ketones is 1. The third kappa shape index (κ3) is 3.91. The van der Waals surface area contributed by atoms with Crippen molar-refractivity contribution in [3.8, 4) is 0 Å². The fourth-order valence-corrected chi connectivity index (χ4v) is 2.98. The van der Waals surface area contributed by atoms with Crippen molar-refractivity contribution in [2.75, 3.05) is 0 Å². The lowest BCUT2D eigenvalue weighted by molar-refractivity contribution is -0.137. The Labute approximate surface area is 138 Å². The lowest BCUT2D eigenvalue weighted by Gasteiger charge is -2.23. The van der Waals surface area contributed by atoms with Crippen LogP contribution in [0.25, 0.3) is 0 Å². The van der Waals surface area contributed by atoms with Crippen molar-refractivity contribution in [1.29, 1.82) is 0 Å². The monoisotopic (exact) mass is 331 g/mol. The number of benzene rings is 2. The zero-order chi connectivity index (χ0) is 17.2. The summed E-state index contributed by atoms with van der Waals surface area (Å²) in [5, 5.41) is 0. The maximum Gasteiger partial charge on any atom is 0.416 e. The molecule has 0 bridgehead atoms. The average Bonchev–Trinajstić information content (AvgIpc) is 2.54. The van der Waals surface area contributed by atoms with Crippen LogP contribution in [-0.2, 0) is 11.0 Å². The Morgan fingerprint density at radius 2 is 1.71 bits per heavy atom. The van der Waals surface area contributed by atoms with Crippen LogP contribution < -0.4 is 0 Å². The van der Waals surface area contributed by atoms with E-state index in [9.17, 15) is 18.0 Å². The van der Waals surface area contributed by atoms with Crippen LogP contribution in [-0.4, -0.2) is 11.5 Å². The molecule has 0 radical (unpaired) electrons. The average molecular weight is 331 g/mol. The molecule has 1 unspecified atom stereocenters. The minimum atomic E-state index is -4.40. The van der Waals surface area contributed by atoms with Gasteiger partial charge in [0.2, 0.25) is 0 Å². The summed E-state index contributed by atoms with van der Waals surface area (Å²) >= 11 is 0. The number of alkyl halides is 3. The maximum absolute atomic E-state index is 12.8. The molecule has 0 spiro atoms. The molecule has 2 aromatic carbocycles. The summed E-state index contributed by atoms with van der Waals surface area (Å²) in [5.74, 6) is 0.109. The normalized spacial score (nSPS) is 20.4. The number of hydrogen-bond acceptors (Lipinski definition) is 2. The number of carbonyl (C=O) groups is 1. The molecule has 0 amide bonds. The molecule has 0 saturated heterocycles. The summed E-state index contributed by atoms with van der Waals surface area (Å²) in [6.07, 6.45) is -3.15. The molecule has 0 aliphatic heterocycles. The highest BCUT2D eigenvalue weighted by Gasteiger charge is 2.30. The van der Waals surface area contributed by atoms with Gasteiger partial charge >= 0.3 is 6.18 Å². The van der Waals surface area contributed by atoms with E-state index in [1.807, 2.05) is 30.3 Å². The van der Waals surface area contributed by atoms with Crippen molar-refractivity contribution in [2.24, 2.45) is 4.99 Å². The van der Waals surface area contributed by atoms with Crippen LogP contribution >= 0.6 is 0 Å². The fourth-order valence-electron chi connectivity index (χ4n) is 2.98. The van der Waals surface area contributed by atoms with E-state index in [0.717, 1.165) is 17.7 Å². The van der Waals surface area contributed by atoms with E-state index in [4.69, 9.17) is 0 Å². The second-order valence-electron chi connectivity index (χ2n) is 5.96. The molecule has 1 saturated carbocycles. The Balaban J connectivity index is 1.86. The summed E-state index contributed by atoms with van der Waals surface area (Å²) in [7, 11) is 0. The van der Waals surface area contributed by atoms with Crippen molar-refractivity contribution >= 4 is 17.2 Å². The van der Waals surface area contributed by atoms with Crippen LogP contribution in [0.3, 0.4) is 0 Å². The van der Waals surface area contributed by atoms with E-state index in [1.165, 1.54) is 12.1 Å². The second kappa shape index (κ2) is 6.59. The minimum absolute atomic E-state index is 0.0389. The van der Waals surface area contributed by atoms with Gasteiger partial charge in [-0.3, -0.25) is 9.79 Å². The van der Waals surface area contributed by atoms with Crippen LogP contribution in [0.15, 0.2) is 59.6 Å². The molecule has 124 valence electrons. The van der Waals surface area contributed by atoms with Crippen molar-refractivity contribution in [1.82, 2.24) is 0 Å². The Hall–Kier alpha value is -2.43. The molecule has 0 N–H and O–H groups in total. The quantitative estimate of drug-likeness (QED) is 0.733. The predicted octanol–water partition coefficient (Wildman–Crippen LogP) is 5.31. The summed E-state index contributed by atoms with van der Waals surface area (Å²) in [6, 6.07) is 14.6. The van der Waals surface area contributed by atoms with Crippen molar-refractivity contribution in [3.05, 3.63) is 65.7 Å². The van der Waals surface area contributed by atoms with Crippen LogP contribution in [0, 0.1) is 0 Å². The van der Waals surface area contributed by atoms with Gasteiger partial charge < -0.3 is 0 Å². The first kappa shape index (κ1) is 16.4. The standard InChI is InChI=1S/C19H16F3NO/c20-19(21,22)15-7-4-8-16(11-15)23-17-9-14(10-18(24)12-17)13-5-2-1-3-6-13/h1-8,11,14H,9-10,12H2. The fraction of sp³-hybridized carbons (Fsp3) is 0.263. The second-order valence-corrected chi connectivity index (χ2v) is 5.96. The van der Waals surface area contributed by atoms with Gasteiger partial charge in [0.1, 0.15) is 5.78 Å². The van der Waals surface area contributed by atoms with E-state index in [1.54, 1.807) is 0 Å². The number of halogens is 3. The highest BCUT2D eigenvalue weighted by atomic mass is 19.4. The van der Waals surface area contributed by atoms with E-state index < -0.39 is 11.7 Å². The Kier molecular flexibility index (Phi) is 4.51. The molecule has 0 heterocycles. The van der Waals surface area contributed by atoms with Gasteiger partial charge in [0.05, 0.1) is 11.3 Å². The first-order chi connectivity index (χ1) is 11.4. The predicted molar refractivity (Wildman–Crippen MR) is 86.6 cm³/mol. The number of hydrogen-bond donors (Lipinski definition) is 0. The molecule has 24 heavy (non-hydrogen) atoms. The lowest BCUT2D eigenvalue weighted by atomic mass is 9.82. The Morgan fingerprint density at radius 3 is 2.42 bits per heavy atom. The van der Waals surface area contributed by atoms with Crippen LogP contribution in [0.5, 0.6) is 0 Å². The Bertz CT molecular complexity index is 766. The smallest absolute Gasteiger partial charge is 0.299 e. The van der Waals surface area contributed by atoms with E-state index in [2.05, 4.69) is 4.99 Å². The van der Waals surface area contributed by atoms with Crippen LogP contribution in [0.1, 0.15) is 36.3 Å². The molecule has 3 rings (SSSR count). The molecule has 1 aliphatic carbocycles. The number of Topliss-reactive ketones (excluding diaryl/α,β-unsaturated/α-hetero) is 1. The molecule has 1 fully saturated rings. The highest BCUT2D eigenvalue weighted by molar-refractivity contribution is 6.05. The highest BCUT2D eigenvalue weighted by Crippen LogP contribution is 2.33. The van der Waals surface area contributed by atoms with Gasteiger partial charge in [-0.2, -0.15) is 13.2 Å². The van der Waals surface area contributed by atoms with Gasteiger partial charge in [0.15, 0.2) is 0 Å². The maximum atomic E-state index is 12.8. The van der Waals surface area contributed by atoms with Crippen molar-refractivity contribution in [2.45, 2.75) is 31.4 Å². The molecule has 2 nitrogen and oxygen atoms in total. The Morgan fingerprint density at radius 1 is 0.958 bits per heavy atom. The van der Waals surface area contributed by atoms with Gasteiger partial charge in [-0.25, -0.2) is 0 Å². The summed E-state index contributed by atoms with van der Waals surface area (Å²) in [6.45, 7) is 0. The van der Waals surface area contributed by atoms with Gasteiger partial charge in [-0.15, -0.1) is 0 Å². The first-order valence-corrected chi connectivity index (χ1v) is 7.72. The van der Waals surface area contributed by atoms with E-state index in [0.29, 0.717) is 18.6 Å². The lowest BCUT2D eigenvalue weighted by Crippen LogP contribution is -2.21. The zero-order valence-corrected chi connectivity index (χ0v) is 12.9. The molecule has 1 atom stereocenters. The van der Waals surface area contributed by atoms with Crippen molar-refractivity contribution < 1.29 is 18.0 Å².